The summed E-state index contributed by atoms with van der Waals surface area (Å²) >= 11 is 0. The van der Waals surface area contributed by atoms with Gasteiger partial charge in [-0.1, -0.05) is 0 Å². The van der Waals surface area contributed by atoms with Gasteiger partial charge < -0.3 is 10.6 Å². The van der Waals surface area contributed by atoms with Gasteiger partial charge in [-0.3, -0.25) is 4.79 Å². The molecular formula is C14H14F3N3O. The maximum absolute atomic E-state index is 12.8. The molecule has 0 heterocycles. The van der Waals surface area contributed by atoms with Crippen LogP contribution in [0.3, 0.4) is 0 Å². The molecule has 1 saturated carbocycles. The Kier molecular flexibility index (Phi) is 4.48. The van der Waals surface area contributed by atoms with Crippen molar-refractivity contribution in [3.8, 4) is 6.07 Å². The van der Waals surface area contributed by atoms with Gasteiger partial charge in [0, 0.05) is 5.69 Å². The first kappa shape index (κ1) is 15.3. The number of halogens is 3. The van der Waals surface area contributed by atoms with Crippen molar-refractivity contribution < 1.29 is 18.0 Å². The van der Waals surface area contributed by atoms with Crippen molar-refractivity contribution in [3.05, 3.63) is 29.3 Å². The second-order valence-electron chi connectivity index (χ2n) is 4.99. The van der Waals surface area contributed by atoms with E-state index in [2.05, 4.69) is 10.6 Å². The highest BCUT2D eigenvalue weighted by Gasteiger charge is 2.34. The van der Waals surface area contributed by atoms with Crippen LogP contribution in [0.2, 0.25) is 0 Å². The van der Waals surface area contributed by atoms with E-state index in [1.54, 1.807) is 0 Å². The number of hydrogen-bond donors (Lipinski definition) is 2. The van der Waals surface area contributed by atoms with E-state index in [1.165, 1.54) is 12.1 Å². The number of nitrogens with one attached hydrogen (secondary N) is 2. The molecule has 7 heteroatoms. The van der Waals surface area contributed by atoms with Crippen LogP contribution >= 0.6 is 0 Å². The van der Waals surface area contributed by atoms with Crippen LogP contribution in [0, 0.1) is 17.2 Å². The highest BCUT2D eigenvalue weighted by atomic mass is 19.4. The monoisotopic (exact) mass is 297 g/mol. The van der Waals surface area contributed by atoms with E-state index in [0.29, 0.717) is 5.92 Å². The molecule has 2 rings (SSSR count). The lowest BCUT2D eigenvalue weighted by atomic mass is 10.1. The average molecular weight is 297 g/mol. The van der Waals surface area contributed by atoms with Crippen molar-refractivity contribution in [2.45, 2.75) is 19.0 Å². The minimum Gasteiger partial charge on any atom is -0.325 e. The fourth-order valence-corrected chi connectivity index (χ4v) is 1.87. The Morgan fingerprint density at radius 1 is 1.38 bits per heavy atom. The quantitative estimate of drug-likeness (QED) is 0.877. The minimum atomic E-state index is -4.63. The molecule has 1 aromatic carbocycles. The Bertz CT molecular complexity index is 574. The van der Waals surface area contributed by atoms with Crippen LogP contribution in [0.15, 0.2) is 18.2 Å². The van der Waals surface area contributed by atoms with Gasteiger partial charge in [-0.15, -0.1) is 0 Å². The summed E-state index contributed by atoms with van der Waals surface area (Å²) in [5.74, 6) is 0.207. The molecule has 2 N–H and O–H groups in total. The van der Waals surface area contributed by atoms with Crippen LogP contribution in [-0.2, 0) is 11.0 Å². The SMILES string of the molecule is N#Cc1ccc(NC(=O)CNCC2CC2)cc1C(F)(F)F. The zero-order valence-electron chi connectivity index (χ0n) is 11.1. The molecule has 21 heavy (non-hydrogen) atoms. The van der Waals surface area contributed by atoms with Crippen LogP contribution in [-0.4, -0.2) is 19.0 Å². The topological polar surface area (TPSA) is 64.9 Å². The molecule has 0 spiro atoms. The van der Waals surface area contributed by atoms with Gasteiger partial charge in [0.15, 0.2) is 0 Å². The molecule has 0 atom stereocenters. The lowest BCUT2D eigenvalue weighted by Gasteiger charge is -2.12. The fourth-order valence-electron chi connectivity index (χ4n) is 1.87. The third kappa shape index (κ3) is 4.46. The van der Waals surface area contributed by atoms with Gasteiger partial charge in [-0.25, -0.2) is 0 Å². The number of carbonyl (C=O) groups excluding carboxylic acids is 1. The molecule has 4 nitrogen and oxygen atoms in total. The van der Waals surface area contributed by atoms with E-state index in [0.717, 1.165) is 31.5 Å². The second kappa shape index (κ2) is 6.14. The molecule has 0 aromatic heterocycles. The number of anilines is 1. The van der Waals surface area contributed by atoms with Crippen LogP contribution < -0.4 is 10.6 Å². The Labute approximate surface area is 119 Å². The van der Waals surface area contributed by atoms with Crippen LogP contribution in [0.25, 0.3) is 0 Å². The maximum atomic E-state index is 12.8. The number of nitriles is 1. The van der Waals surface area contributed by atoms with Crippen molar-refractivity contribution in [1.82, 2.24) is 5.32 Å². The van der Waals surface area contributed by atoms with Gasteiger partial charge in [0.05, 0.1) is 23.7 Å². The molecule has 0 radical (unpaired) electrons. The molecule has 1 aliphatic rings. The van der Waals surface area contributed by atoms with Crippen molar-refractivity contribution >= 4 is 11.6 Å². The number of benzene rings is 1. The number of hydrogen-bond acceptors (Lipinski definition) is 3. The molecule has 1 amide bonds. The zero-order valence-corrected chi connectivity index (χ0v) is 11.1. The highest BCUT2D eigenvalue weighted by molar-refractivity contribution is 5.92. The average Bonchev–Trinajstić information content (AvgIpc) is 3.22. The Morgan fingerprint density at radius 3 is 2.67 bits per heavy atom. The van der Waals surface area contributed by atoms with Crippen LogP contribution in [0.5, 0.6) is 0 Å². The van der Waals surface area contributed by atoms with Crippen molar-refractivity contribution in [3.63, 3.8) is 0 Å². The smallest absolute Gasteiger partial charge is 0.325 e. The van der Waals surface area contributed by atoms with Gasteiger partial charge >= 0.3 is 6.18 Å². The summed E-state index contributed by atoms with van der Waals surface area (Å²) in [6.45, 7) is 0.798. The largest absolute Gasteiger partial charge is 0.417 e. The van der Waals surface area contributed by atoms with E-state index in [9.17, 15) is 18.0 Å². The summed E-state index contributed by atoms with van der Waals surface area (Å²) in [7, 11) is 0. The molecule has 0 aliphatic heterocycles. The fraction of sp³-hybridized carbons (Fsp3) is 0.429. The molecule has 112 valence electrons. The van der Waals surface area contributed by atoms with Crippen LogP contribution in [0.1, 0.15) is 24.0 Å². The Morgan fingerprint density at radius 2 is 2.10 bits per heavy atom. The van der Waals surface area contributed by atoms with Crippen LogP contribution in [0.4, 0.5) is 18.9 Å². The zero-order chi connectivity index (χ0) is 15.5. The standard InChI is InChI=1S/C14H14F3N3O/c15-14(16,17)12-5-11(4-3-10(12)6-18)20-13(21)8-19-7-9-1-2-9/h3-5,9,19H,1-2,7-8H2,(H,20,21). The van der Waals surface area contributed by atoms with Crippen molar-refractivity contribution in [1.29, 1.82) is 5.26 Å². The van der Waals surface area contributed by atoms with E-state index < -0.39 is 23.2 Å². The molecule has 0 saturated heterocycles. The Balaban J connectivity index is 1.99. The van der Waals surface area contributed by atoms with Crippen molar-refractivity contribution in [2.75, 3.05) is 18.4 Å². The number of nitrogens with zero attached hydrogens (tertiary/aromatic N) is 1. The summed E-state index contributed by atoms with van der Waals surface area (Å²) < 4.78 is 38.3. The molecule has 0 bridgehead atoms. The normalized spacial score (nSPS) is 14.6. The predicted octanol–water partition coefficient (Wildman–Crippen LogP) is 2.52. The molecule has 1 fully saturated rings. The third-order valence-electron chi connectivity index (χ3n) is 3.14. The first-order valence-electron chi connectivity index (χ1n) is 6.52. The third-order valence-corrected chi connectivity index (χ3v) is 3.14. The number of carbonyl (C=O) groups is 1. The maximum Gasteiger partial charge on any atom is 0.417 e. The number of rotatable bonds is 5. The van der Waals surface area contributed by atoms with Gasteiger partial charge in [0.2, 0.25) is 5.91 Å². The lowest BCUT2D eigenvalue weighted by molar-refractivity contribution is -0.137. The minimum absolute atomic E-state index is 0.0274. The first-order valence-corrected chi connectivity index (χ1v) is 6.52. The highest BCUT2D eigenvalue weighted by Crippen LogP contribution is 2.33. The van der Waals surface area contributed by atoms with E-state index in [-0.39, 0.29) is 12.2 Å². The summed E-state index contributed by atoms with van der Waals surface area (Å²) in [4.78, 5) is 11.6. The first-order chi connectivity index (χ1) is 9.90. The second-order valence-corrected chi connectivity index (χ2v) is 4.99. The van der Waals surface area contributed by atoms with E-state index in [1.807, 2.05) is 0 Å². The van der Waals surface area contributed by atoms with Gasteiger partial charge in [0.1, 0.15) is 0 Å². The van der Waals surface area contributed by atoms with Gasteiger partial charge in [0.25, 0.3) is 0 Å². The van der Waals surface area contributed by atoms with Gasteiger partial charge in [-0.05, 0) is 43.5 Å². The molecular weight excluding hydrogens is 283 g/mol. The summed E-state index contributed by atoms with van der Waals surface area (Å²) in [6, 6.07) is 4.60. The lowest BCUT2D eigenvalue weighted by Crippen LogP contribution is -2.29. The van der Waals surface area contributed by atoms with Gasteiger partial charge in [-0.2, -0.15) is 18.4 Å². The van der Waals surface area contributed by atoms with E-state index in [4.69, 9.17) is 5.26 Å². The summed E-state index contributed by atoms with van der Waals surface area (Å²) in [6.07, 6.45) is -2.33. The molecule has 1 aliphatic carbocycles. The van der Waals surface area contributed by atoms with Crippen molar-refractivity contribution in [2.24, 2.45) is 5.92 Å². The number of alkyl halides is 3. The van der Waals surface area contributed by atoms with E-state index >= 15 is 0 Å². The Hall–Kier alpha value is -2.07. The molecule has 0 unspecified atom stereocenters. The molecule has 1 aromatic rings. The summed E-state index contributed by atoms with van der Waals surface area (Å²) in [5.41, 5.74) is -1.49. The summed E-state index contributed by atoms with van der Waals surface area (Å²) in [5, 5.41) is 14.0. The number of amides is 1. The predicted molar refractivity (Wildman–Crippen MR) is 70.4 cm³/mol.